The van der Waals surface area contributed by atoms with Gasteiger partial charge in [-0.1, -0.05) is 35.9 Å². The molecule has 5 heteroatoms. The van der Waals surface area contributed by atoms with Gasteiger partial charge in [-0.3, -0.25) is 0 Å². The van der Waals surface area contributed by atoms with Crippen LogP contribution in [0.25, 0.3) is 0 Å². The lowest BCUT2D eigenvalue weighted by molar-refractivity contribution is 0.207. The summed E-state index contributed by atoms with van der Waals surface area (Å²) in [5.74, 6) is 0.655. The fraction of sp³-hybridized carbons (Fsp3) is 0.316. The zero-order valence-electron chi connectivity index (χ0n) is 13.9. The fourth-order valence-electron chi connectivity index (χ4n) is 3.18. The van der Waals surface area contributed by atoms with Gasteiger partial charge in [-0.15, -0.1) is 0 Å². The van der Waals surface area contributed by atoms with Crippen LogP contribution in [0.15, 0.2) is 42.5 Å². The third-order valence-electron chi connectivity index (χ3n) is 4.37. The van der Waals surface area contributed by atoms with Crippen molar-refractivity contribution in [3.05, 3.63) is 58.6 Å². The van der Waals surface area contributed by atoms with Crippen molar-refractivity contribution >= 4 is 23.3 Å². The summed E-state index contributed by atoms with van der Waals surface area (Å²) in [7, 11) is 1.60. The molecule has 4 nitrogen and oxygen atoms in total. The van der Waals surface area contributed by atoms with E-state index >= 15 is 0 Å². The maximum atomic E-state index is 12.8. The van der Waals surface area contributed by atoms with Crippen LogP contribution >= 0.6 is 11.6 Å². The molecule has 0 aliphatic carbocycles. The molecule has 0 radical (unpaired) electrons. The van der Waals surface area contributed by atoms with Gasteiger partial charge in [0.05, 0.1) is 18.8 Å². The van der Waals surface area contributed by atoms with E-state index in [4.69, 9.17) is 16.3 Å². The second-order valence-electron chi connectivity index (χ2n) is 6.01. The lowest BCUT2D eigenvalue weighted by Gasteiger charge is -2.26. The predicted molar refractivity (Wildman–Crippen MR) is 96.9 cm³/mol. The third-order valence-corrected chi connectivity index (χ3v) is 4.72. The standard InChI is InChI=1S/C19H21ClN2O2/c1-13-9-10-18(24-2)16(12-13)21-19(23)22-11-5-8-17(22)14-6-3-4-7-15(14)20/h3-4,6-7,9-10,12,17H,5,8,11H2,1-2H3,(H,21,23)/t17-/m0/s1. The van der Waals surface area contributed by atoms with Crippen LogP contribution in [0.3, 0.4) is 0 Å². The number of urea groups is 1. The Balaban J connectivity index is 1.82. The number of halogens is 1. The van der Waals surface area contributed by atoms with Crippen LogP contribution in [0.1, 0.15) is 30.0 Å². The molecule has 24 heavy (non-hydrogen) atoms. The van der Waals surface area contributed by atoms with E-state index in [2.05, 4.69) is 5.32 Å². The monoisotopic (exact) mass is 344 g/mol. The highest BCUT2D eigenvalue weighted by Gasteiger charge is 2.31. The number of rotatable bonds is 3. The molecule has 0 saturated carbocycles. The molecule has 0 bridgehead atoms. The van der Waals surface area contributed by atoms with Crippen molar-refractivity contribution in [3.63, 3.8) is 0 Å². The van der Waals surface area contributed by atoms with Crippen LogP contribution in [-0.4, -0.2) is 24.6 Å². The maximum absolute atomic E-state index is 12.8. The molecule has 1 aliphatic rings. The first-order valence-electron chi connectivity index (χ1n) is 8.07. The zero-order chi connectivity index (χ0) is 17.1. The second-order valence-corrected chi connectivity index (χ2v) is 6.41. The molecule has 0 unspecified atom stereocenters. The number of likely N-dealkylation sites (tertiary alicyclic amines) is 1. The van der Waals surface area contributed by atoms with Gasteiger partial charge in [-0.25, -0.2) is 4.79 Å². The van der Waals surface area contributed by atoms with Gasteiger partial charge in [-0.2, -0.15) is 0 Å². The lowest BCUT2D eigenvalue weighted by Crippen LogP contribution is -2.34. The Hall–Kier alpha value is -2.20. The summed E-state index contributed by atoms with van der Waals surface area (Å²) in [6, 6.07) is 13.3. The molecule has 1 atom stereocenters. The van der Waals surface area contributed by atoms with Crippen molar-refractivity contribution in [2.45, 2.75) is 25.8 Å². The summed E-state index contributed by atoms with van der Waals surface area (Å²) in [4.78, 5) is 14.7. The number of carbonyl (C=O) groups excluding carboxylic acids is 1. The van der Waals surface area contributed by atoms with Crippen molar-refractivity contribution in [1.82, 2.24) is 4.90 Å². The number of nitrogens with zero attached hydrogens (tertiary/aromatic N) is 1. The first-order valence-corrected chi connectivity index (χ1v) is 8.44. The highest BCUT2D eigenvalue weighted by molar-refractivity contribution is 6.31. The van der Waals surface area contributed by atoms with Crippen molar-refractivity contribution in [2.75, 3.05) is 19.0 Å². The molecule has 1 heterocycles. The summed E-state index contributed by atoms with van der Waals surface area (Å²) in [6.07, 6.45) is 1.89. The van der Waals surface area contributed by atoms with E-state index in [0.29, 0.717) is 16.5 Å². The van der Waals surface area contributed by atoms with E-state index in [1.54, 1.807) is 7.11 Å². The largest absolute Gasteiger partial charge is 0.495 e. The molecular formula is C19H21ClN2O2. The molecule has 1 N–H and O–H groups in total. The predicted octanol–water partition coefficient (Wildman–Crippen LogP) is 5.03. The minimum absolute atomic E-state index is 0.00880. The summed E-state index contributed by atoms with van der Waals surface area (Å²) in [5.41, 5.74) is 2.76. The lowest BCUT2D eigenvalue weighted by atomic mass is 10.0. The number of ether oxygens (including phenoxy) is 1. The molecule has 1 fully saturated rings. The van der Waals surface area contributed by atoms with Gasteiger partial charge in [0.15, 0.2) is 0 Å². The molecule has 2 amide bonds. The quantitative estimate of drug-likeness (QED) is 0.848. The molecule has 1 aliphatic heterocycles. The number of hydrogen-bond acceptors (Lipinski definition) is 2. The van der Waals surface area contributed by atoms with E-state index in [-0.39, 0.29) is 12.1 Å². The van der Waals surface area contributed by atoms with Crippen molar-refractivity contribution < 1.29 is 9.53 Å². The topological polar surface area (TPSA) is 41.6 Å². The molecule has 2 aromatic rings. The van der Waals surface area contributed by atoms with Crippen LogP contribution in [0.5, 0.6) is 5.75 Å². The molecule has 126 valence electrons. The zero-order valence-corrected chi connectivity index (χ0v) is 14.6. The first-order chi connectivity index (χ1) is 11.6. The van der Waals surface area contributed by atoms with Crippen molar-refractivity contribution in [1.29, 1.82) is 0 Å². The molecule has 0 spiro atoms. The highest BCUT2D eigenvalue weighted by Crippen LogP contribution is 2.36. The van der Waals surface area contributed by atoms with E-state index in [9.17, 15) is 4.79 Å². The smallest absolute Gasteiger partial charge is 0.322 e. The van der Waals surface area contributed by atoms with Gasteiger partial charge in [0, 0.05) is 11.6 Å². The number of benzene rings is 2. The number of anilines is 1. The van der Waals surface area contributed by atoms with Crippen molar-refractivity contribution in [2.24, 2.45) is 0 Å². The molecule has 2 aromatic carbocycles. The Labute approximate surface area is 147 Å². The van der Waals surface area contributed by atoms with Crippen LogP contribution in [0.2, 0.25) is 5.02 Å². The molecular weight excluding hydrogens is 324 g/mol. The minimum Gasteiger partial charge on any atom is -0.495 e. The van der Waals surface area contributed by atoms with E-state index < -0.39 is 0 Å². The normalized spacial score (nSPS) is 17.0. The maximum Gasteiger partial charge on any atom is 0.322 e. The van der Waals surface area contributed by atoms with Crippen molar-refractivity contribution in [3.8, 4) is 5.75 Å². The fourth-order valence-corrected chi connectivity index (χ4v) is 3.45. The van der Waals surface area contributed by atoms with E-state index in [0.717, 1.165) is 30.5 Å². The first kappa shape index (κ1) is 16.7. The average Bonchev–Trinajstić information content (AvgIpc) is 3.05. The van der Waals surface area contributed by atoms with E-state index in [1.807, 2.05) is 54.3 Å². The number of carbonyl (C=O) groups is 1. The Kier molecular flexibility index (Phi) is 4.95. The summed E-state index contributed by atoms with van der Waals surface area (Å²) < 4.78 is 5.34. The Bertz CT molecular complexity index is 748. The number of nitrogens with one attached hydrogen (secondary N) is 1. The number of hydrogen-bond donors (Lipinski definition) is 1. The van der Waals surface area contributed by atoms with Gasteiger partial charge in [0.2, 0.25) is 0 Å². The molecule has 1 saturated heterocycles. The SMILES string of the molecule is COc1ccc(C)cc1NC(=O)N1CCC[C@H]1c1ccccc1Cl. The van der Waals surface area contributed by atoms with Crippen LogP contribution in [0.4, 0.5) is 10.5 Å². The number of methoxy groups -OCH3 is 1. The molecule has 0 aromatic heterocycles. The Morgan fingerprint density at radius 1 is 1.29 bits per heavy atom. The average molecular weight is 345 g/mol. The van der Waals surface area contributed by atoms with Gasteiger partial charge in [-0.05, 0) is 49.1 Å². The summed E-state index contributed by atoms with van der Waals surface area (Å²) >= 11 is 6.32. The van der Waals surface area contributed by atoms with Gasteiger partial charge < -0.3 is 15.0 Å². The van der Waals surface area contributed by atoms with E-state index in [1.165, 1.54) is 0 Å². The van der Waals surface area contributed by atoms with Crippen LogP contribution < -0.4 is 10.1 Å². The Morgan fingerprint density at radius 3 is 2.83 bits per heavy atom. The summed E-state index contributed by atoms with van der Waals surface area (Å²) in [5, 5.41) is 3.69. The van der Waals surface area contributed by atoms with Gasteiger partial charge in [0.1, 0.15) is 5.75 Å². The highest BCUT2D eigenvalue weighted by atomic mass is 35.5. The minimum atomic E-state index is -0.124. The van der Waals surface area contributed by atoms with Gasteiger partial charge in [0.25, 0.3) is 0 Å². The van der Waals surface area contributed by atoms with Crippen LogP contribution in [-0.2, 0) is 0 Å². The summed E-state index contributed by atoms with van der Waals surface area (Å²) in [6.45, 7) is 2.70. The third kappa shape index (κ3) is 3.34. The number of amides is 2. The Morgan fingerprint density at radius 2 is 2.08 bits per heavy atom. The van der Waals surface area contributed by atoms with Crippen LogP contribution in [0, 0.1) is 6.92 Å². The van der Waals surface area contributed by atoms with Gasteiger partial charge >= 0.3 is 6.03 Å². The number of aryl methyl sites for hydroxylation is 1. The molecule has 3 rings (SSSR count). The second kappa shape index (κ2) is 7.14.